The Kier molecular flexibility index (Phi) is 5.08. The normalized spacial score (nSPS) is 20.3. The number of aliphatic imine (C=N–C) groups is 1. The van der Waals surface area contributed by atoms with Crippen molar-refractivity contribution in [3.63, 3.8) is 0 Å². The second-order valence-corrected chi connectivity index (χ2v) is 7.72. The number of pyridine rings is 1. The number of halogens is 1. The van der Waals surface area contributed by atoms with E-state index >= 15 is 0 Å². The van der Waals surface area contributed by atoms with E-state index in [9.17, 15) is 9.18 Å². The van der Waals surface area contributed by atoms with E-state index in [-0.39, 0.29) is 5.91 Å². The number of rotatable bonds is 4. The summed E-state index contributed by atoms with van der Waals surface area (Å²) in [5.74, 6) is 0.654. The molecule has 0 radical (unpaired) electrons. The minimum absolute atomic E-state index is 0.114. The van der Waals surface area contributed by atoms with Crippen molar-refractivity contribution in [1.82, 2.24) is 14.9 Å². The Morgan fingerprint density at radius 3 is 2.93 bits per heavy atom. The van der Waals surface area contributed by atoms with Crippen molar-refractivity contribution in [3.05, 3.63) is 40.8 Å². The molecule has 28 heavy (non-hydrogen) atoms. The number of allylic oxidation sites excluding steroid dienone is 1. The number of nitrogens with two attached hydrogens (primary N) is 1. The minimum Gasteiger partial charge on any atom is -0.403 e. The van der Waals surface area contributed by atoms with Crippen molar-refractivity contribution < 1.29 is 9.18 Å². The quantitative estimate of drug-likeness (QED) is 0.796. The van der Waals surface area contributed by atoms with Gasteiger partial charge in [0.25, 0.3) is 5.91 Å². The number of carbonyl (C=O) groups is 1. The van der Waals surface area contributed by atoms with Gasteiger partial charge in [0.2, 0.25) is 0 Å². The maximum Gasteiger partial charge on any atom is 0.270 e. The van der Waals surface area contributed by atoms with Crippen molar-refractivity contribution in [2.75, 3.05) is 31.6 Å². The highest BCUT2D eigenvalue weighted by molar-refractivity contribution is 7.17. The van der Waals surface area contributed by atoms with Crippen LogP contribution in [0, 0.1) is 0 Å². The molecule has 7 nitrogen and oxygen atoms in total. The molecule has 2 aliphatic heterocycles. The molecule has 4 rings (SSSR count). The molecule has 1 atom stereocenters. The third-order valence-electron chi connectivity index (χ3n) is 4.90. The molecule has 146 valence electrons. The molecule has 1 unspecified atom stereocenters. The standard InChI is InChI=1S/C19H21FN6OS/c1-22-10-14(8-21)26-7-5-15-17(19(26)27)28-18(24-15)12-2-3-16(23-9-12)25-6-4-13(20)11-25/h2-3,8-10,13H,4-7,11,21H2,1H3/b14-8+,22-10?. The Bertz CT molecular complexity index is 938. The van der Waals surface area contributed by atoms with Crippen molar-refractivity contribution in [3.8, 4) is 10.6 Å². The van der Waals surface area contributed by atoms with Gasteiger partial charge in [-0.1, -0.05) is 0 Å². The van der Waals surface area contributed by atoms with E-state index in [4.69, 9.17) is 5.73 Å². The Labute approximate surface area is 166 Å². The Morgan fingerprint density at radius 2 is 2.29 bits per heavy atom. The molecule has 1 amide bonds. The number of aromatic nitrogens is 2. The molecule has 9 heteroatoms. The molecule has 4 heterocycles. The smallest absolute Gasteiger partial charge is 0.270 e. The van der Waals surface area contributed by atoms with Crippen LogP contribution < -0.4 is 10.6 Å². The van der Waals surface area contributed by atoms with E-state index in [2.05, 4.69) is 15.0 Å². The lowest BCUT2D eigenvalue weighted by Gasteiger charge is -2.26. The van der Waals surface area contributed by atoms with Crippen molar-refractivity contribution in [1.29, 1.82) is 0 Å². The predicted molar refractivity (Wildman–Crippen MR) is 108 cm³/mol. The number of amides is 1. The zero-order valence-corrected chi connectivity index (χ0v) is 16.3. The first-order valence-electron chi connectivity index (χ1n) is 9.11. The maximum atomic E-state index is 13.4. The molecule has 2 aromatic rings. The first kappa shape index (κ1) is 18.5. The van der Waals surface area contributed by atoms with Crippen LogP contribution in [0.15, 0.2) is 35.2 Å². The minimum atomic E-state index is -0.786. The molecule has 0 saturated carbocycles. The first-order chi connectivity index (χ1) is 13.6. The summed E-state index contributed by atoms with van der Waals surface area (Å²) in [6.45, 7) is 1.59. The number of alkyl halides is 1. The van der Waals surface area contributed by atoms with Gasteiger partial charge < -0.3 is 15.5 Å². The molecule has 2 aromatic heterocycles. The third-order valence-corrected chi connectivity index (χ3v) is 6.04. The van der Waals surface area contributed by atoms with Crippen LogP contribution in [0.3, 0.4) is 0 Å². The summed E-state index contributed by atoms with van der Waals surface area (Å²) < 4.78 is 13.4. The average molecular weight is 400 g/mol. The first-order valence-corrected chi connectivity index (χ1v) is 9.93. The van der Waals surface area contributed by atoms with E-state index in [1.165, 1.54) is 17.5 Å². The second-order valence-electron chi connectivity index (χ2n) is 6.72. The van der Waals surface area contributed by atoms with E-state index in [1.807, 2.05) is 17.0 Å². The molecule has 0 bridgehead atoms. The van der Waals surface area contributed by atoms with Crippen LogP contribution in [0.5, 0.6) is 0 Å². The SMILES string of the molecule is CN=C/C(=C\N)N1CCc2nc(-c3ccc(N4CCC(F)C4)nc3)sc2C1=O. The van der Waals surface area contributed by atoms with E-state index in [0.29, 0.717) is 43.1 Å². The van der Waals surface area contributed by atoms with Crippen LogP contribution in [0.25, 0.3) is 10.6 Å². The van der Waals surface area contributed by atoms with Gasteiger partial charge in [-0.2, -0.15) is 0 Å². The fourth-order valence-electron chi connectivity index (χ4n) is 3.46. The van der Waals surface area contributed by atoms with Gasteiger partial charge in [-0.15, -0.1) is 11.3 Å². The summed E-state index contributed by atoms with van der Waals surface area (Å²) in [6, 6.07) is 3.81. The molecule has 1 fully saturated rings. The fraction of sp³-hybridized carbons (Fsp3) is 0.368. The van der Waals surface area contributed by atoms with Gasteiger partial charge in [0.1, 0.15) is 21.9 Å². The summed E-state index contributed by atoms with van der Waals surface area (Å²) in [5, 5.41) is 0.756. The lowest BCUT2D eigenvalue weighted by atomic mass is 10.1. The van der Waals surface area contributed by atoms with Crippen LogP contribution in [0.2, 0.25) is 0 Å². The van der Waals surface area contributed by atoms with Crippen LogP contribution >= 0.6 is 11.3 Å². The van der Waals surface area contributed by atoms with Gasteiger partial charge in [0.05, 0.1) is 17.9 Å². The van der Waals surface area contributed by atoms with Crippen LogP contribution in [-0.2, 0) is 6.42 Å². The predicted octanol–water partition coefficient (Wildman–Crippen LogP) is 2.25. The van der Waals surface area contributed by atoms with Crippen molar-refractivity contribution in [2.24, 2.45) is 10.7 Å². The van der Waals surface area contributed by atoms with Crippen LogP contribution in [0.1, 0.15) is 21.8 Å². The van der Waals surface area contributed by atoms with Gasteiger partial charge >= 0.3 is 0 Å². The number of thiazole rings is 1. The monoisotopic (exact) mass is 400 g/mol. The molecular formula is C19H21FN6OS. The highest BCUT2D eigenvalue weighted by atomic mass is 32.1. The number of fused-ring (bicyclic) bond motifs is 1. The Morgan fingerprint density at radius 1 is 1.43 bits per heavy atom. The summed E-state index contributed by atoms with van der Waals surface area (Å²) in [6.07, 6.45) is 5.12. The van der Waals surface area contributed by atoms with Crippen LogP contribution in [-0.4, -0.2) is 59.8 Å². The van der Waals surface area contributed by atoms with Crippen molar-refractivity contribution >= 4 is 29.3 Å². The lowest BCUT2D eigenvalue weighted by molar-refractivity contribution is 0.0805. The van der Waals surface area contributed by atoms with E-state index in [1.54, 1.807) is 24.4 Å². The average Bonchev–Trinajstić information content (AvgIpc) is 3.34. The van der Waals surface area contributed by atoms with Gasteiger partial charge in [-0.05, 0) is 18.6 Å². The van der Waals surface area contributed by atoms with Gasteiger partial charge in [-0.25, -0.2) is 14.4 Å². The zero-order valence-electron chi connectivity index (χ0n) is 15.5. The summed E-state index contributed by atoms with van der Waals surface area (Å²) in [7, 11) is 1.64. The van der Waals surface area contributed by atoms with E-state index in [0.717, 1.165) is 22.1 Å². The zero-order chi connectivity index (χ0) is 19.7. The highest BCUT2D eigenvalue weighted by Crippen LogP contribution is 2.33. The highest BCUT2D eigenvalue weighted by Gasteiger charge is 2.30. The molecular weight excluding hydrogens is 379 g/mol. The summed E-state index contributed by atoms with van der Waals surface area (Å²) >= 11 is 1.36. The van der Waals surface area contributed by atoms with Crippen LogP contribution in [0.4, 0.5) is 10.2 Å². The van der Waals surface area contributed by atoms with Gasteiger partial charge in [0, 0.05) is 50.7 Å². The summed E-state index contributed by atoms with van der Waals surface area (Å²) in [4.78, 5) is 30.1. The molecule has 2 aliphatic rings. The van der Waals surface area contributed by atoms with Crippen molar-refractivity contribution in [2.45, 2.75) is 19.0 Å². The van der Waals surface area contributed by atoms with Gasteiger partial charge in [-0.3, -0.25) is 9.79 Å². The number of hydrogen-bond donors (Lipinski definition) is 1. The molecule has 2 N–H and O–H groups in total. The topological polar surface area (TPSA) is 87.7 Å². The Balaban J connectivity index is 1.57. The van der Waals surface area contributed by atoms with Gasteiger partial charge in [0.15, 0.2) is 0 Å². The third kappa shape index (κ3) is 3.37. The molecule has 1 saturated heterocycles. The second kappa shape index (κ2) is 7.67. The summed E-state index contributed by atoms with van der Waals surface area (Å²) in [5.41, 5.74) is 7.88. The lowest BCUT2D eigenvalue weighted by Crippen LogP contribution is -2.37. The van der Waals surface area contributed by atoms with E-state index < -0.39 is 6.17 Å². The number of anilines is 1. The largest absolute Gasteiger partial charge is 0.403 e. The maximum absolute atomic E-state index is 13.4. The fourth-order valence-corrected chi connectivity index (χ4v) is 4.51. The number of carbonyl (C=O) groups excluding carboxylic acids is 1. The molecule has 0 aliphatic carbocycles. The Hall–Kier alpha value is -2.81. The molecule has 0 spiro atoms. The number of hydrogen-bond acceptors (Lipinski definition) is 7. The molecule has 0 aromatic carbocycles. The number of nitrogens with zero attached hydrogens (tertiary/aromatic N) is 5.